The third-order valence-corrected chi connectivity index (χ3v) is 4.17. The lowest BCUT2D eigenvalue weighted by Gasteiger charge is -2.13. The number of halogens is 4. The van der Waals surface area contributed by atoms with Crippen molar-refractivity contribution >= 4 is 27.8 Å². The van der Waals surface area contributed by atoms with Gasteiger partial charge in [0.15, 0.2) is 0 Å². The van der Waals surface area contributed by atoms with Gasteiger partial charge in [0.25, 0.3) is 5.56 Å². The smallest absolute Gasteiger partial charge is 0.351 e. The molecule has 0 aliphatic rings. The van der Waals surface area contributed by atoms with E-state index in [9.17, 15) is 27.5 Å². The number of ether oxygens (including phenoxy) is 1. The maximum Gasteiger partial charge on any atom is 0.411 e. The molecule has 0 aliphatic heterocycles. The summed E-state index contributed by atoms with van der Waals surface area (Å²) in [5.74, 6) is -0.557. The van der Waals surface area contributed by atoms with Crippen LogP contribution in [0.25, 0.3) is 33.1 Å². The Morgan fingerprint density at radius 2 is 1.97 bits per heavy atom. The zero-order chi connectivity index (χ0) is 21.5. The summed E-state index contributed by atoms with van der Waals surface area (Å²) in [5.41, 5.74) is 1.26. The molecule has 8 nitrogen and oxygen atoms in total. The SMILES string of the molecule is O=c1[nH]nc(-c2ccc3[nH]c(NC(O)OCC(F)(F)F)nc3c2)c2cc(F)ccc12. The Labute approximate surface area is 164 Å². The molecule has 1 unspecified atom stereocenters. The molecule has 0 fully saturated rings. The van der Waals surface area contributed by atoms with E-state index in [-0.39, 0.29) is 11.3 Å². The second kappa shape index (κ2) is 7.39. The maximum absolute atomic E-state index is 13.7. The van der Waals surface area contributed by atoms with Crippen molar-refractivity contribution in [1.29, 1.82) is 0 Å². The molecule has 4 aromatic rings. The molecule has 12 heteroatoms. The van der Waals surface area contributed by atoms with E-state index in [2.05, 4.69) is 30.2 Å². The van der Waals surface area contributed by atoms with E-state index in [1.54, 1.807) is 18.2 Å². The Morgan fingerprint density at radius 3 is 2.73 bits per heavy atom. The summed E-state index contributed by atoms with van der Waals surface area (Å²) < 4.78 is 54.4. The second-order valence-electron chi connectivity index (χ2n) is 6.33. The minimum Gasteiger partial charge on any atom is -0.351 e. The Morgan fingerprint density at radius 1 is 1.17 bits per heavy atom. The second-order valence-corrected chi connectivity index (χ2v) is 6.33. The van der Waals surface area contributed by atoms with Crippen molar-refractivity contribution in [3.8, 4) is 11.3 Å². The summed E-state index contributed by atoms with van der Waals surface area (Å²) in [7, 11) is 0. The third-order valence-electron chi connectivity index (χ3n) is 4.17. The van der Waals surface area contributed by atoms with E-state index in [4.69, 9.17) is 0 Å². The number of hydrogen-bond acceptors (Lipinski definition) is 6. The van der Waals surface area contributed by atoms with E-state index < -0.39 is 30.6 Å². The minimum absolute atomic E-state index is 0.0258. The largest absolute Gasteiger partial charge is 0.411 e. The highest BCUT2D eigenvalue weighted by Crippen LogP contribution is 2.28. The molecule has 0 saturated carbocycles. The van der Waals surface area contributed by atoms with Gasteiger partial charge < -0.3 is 20.1 Å². The molecule has 2 heterocycles. The van der Waals surface area contributed by atoms with E-state index in [1.165, 1.54) is 18.2 Å². The summed E-state index contributed by atoms with van der Waals surface area (Å²) in [4.78, 5) is 18.8. The van der Waals surface area contributed by atoms with Crippen molar-refractivity contribution in [2.75, 3.05) is 11.9 Å². The Bertz CT molecular complexity index is 1280. The van der Waals surface area contributed by atoms with E-state index in [0.29, 0.717) is 27.7 Å². The molecule has 1 atom stereocenters. The summed E-state index contributed by atoms with van der Waals surface area (Å²) in [6, 6.07) is 8.57. The molecule has 156 valence electrons. The van der Waals surface area contributed by atoms with Crippen LogP contribution in [-0.2, 0) is 4.74 Å². The van der Waals surface area contributed by atoms with Gasteiger partial charge in [-0.25, -0.2) is 14.5 Å². The first-order chi connectivity index (χ1) is 14.2. The number of aromatic nitrogens is 4. The van der Waals surface area contributed by atoms with Gasteiger partial charge in [0.05, 0.1) is 22.1 Å². The van der Waals surface area contributed by atoms with Gasteiger partial charge in [0, 0.05) is 10.9 Å². The predicted octanol–water partition coefficient (Wildman–Crippen LogP) is 2.87. The number of benzene rings is 2. The number of anilines is 1. The summed E-state index contributed by atoms with van der Waals surface area (Å²) in [6.45, 7) is -1.63. The highest BCUT2D eigenvalue weighted by molar-refractivity contribution is 5.95. The normalized spacial score (nSPS) is 13.1. The van der Waals surface area contributed by atoms with Gasteiger partial charge in [0.2, 0.25) is 12.4 Å². The fourth-order valence-corrected chi connectivity index (χ4v) is 2.91. The molecule has 2 aromatic carbocycles. The lowest BCUT2D eigenvalue weighted by Crippen LogP contribution is -2.28. The lowest BCUT2D eigenvalue weighted by atomic mass is 10.0. The number of aromatic amines is 2. The fourth-order valence-electron chi connectivity index (χ4n) is 2.91. The van der Waals surface area contributed by atoms with Gasteiger partial charge in [-0.3, -0.25) is 4.79 Å². The Balaban J connectivity index is 1.65. The minimum atomic E-state index is -4.59. The first-order valence-electron chi connectivity index (χ1n) is 8.51. The van der Waals surface area contributed by atoms with Crippen LogP contribution in [0.1, 0.15) is 0 Å². The maximum atomic E-state index is 13.7. The Kier molecular flexibility index (Phi) is 4.87. The van der Waals surface area contributed by atoms with E-state index in [0.717, 1.165) is 0 Å². The van der Waals surface area contributed by atoms with Crippen molar-refractivity contribution < 1.29 is 27.4 Å². The number of aliphatic hydroxyl groups excluding tert-OH is 1. The zero-order valence-electron chi connectivity index (χ0n) is 14.9. The first kappa shape index (κ1) is 19.8. The van der Waals surface area contributed by atoms with Crippen LogP contribution in [-0.4, -0.2) is 44.5 Å². The number of hydrogen-bond donors (Lipinski definition) is 4. The average Bonchev–Trinajstić information content (AvgIpc) is 3.07. The van der Waals surface area contributed by atoms with Gasteiger partial charge >= 0.3 is 6.18 Å². The van der Waals surface area contributed by atoms with E-state index in [1.807, 2.05) is 0 Å². The van der Waals surface area contributed by atoms with Crippen molar-refractivity contribution in [2.24, 2.45) is 0 Å². The van der Waals surface area contributed by atoms with Crippen molar-refractivity contribution in [3.05, 3.63) is 52.6 Å². The fraction of sp³-hybridized carbons (Fsp3) is 0.167. The van der Waals surface area contributed by atoms with Crippen molar-refractivity contribution in [3.63, 3.8) is 0 Å². The molecular weight excluding hydrogens is 410 g/mol. The van der Waals surface area contributed by atoms with Gasteiger partial charge in [-0.15, -0.1) is 0 Å². The third kappa shape index (κ3) is 4.09. The molecule has 0 saturated heterocycles. The van der Waals surface area contributed by atoms with Gasteiger partial charge in [-0.2, -0.15) is 18.3 Å². The highest BCUT2D eigenvalue weighted by Gasteiger charge is 2.29. The summed E-state index contributed by atoms with van der Waals surface area (Å²) in [6.07, 6.45) is -6.52. The monoisotopic (exact) mass is 423 g/mol. The molecule has 4 N–H and O–H groups in total. The van der Waals surface area contributed by atoms with Gasteiger partial charge in [0.1, 0.15) is 12.4 Å². The van der Waals surface area contributed by atoms with E-state index >= 15 is 0 Å². The number of aliphatic hydroxyl groups is 1. The number of fused-ring (bicyclic) bond motifs is 2. The quantitative estimate of drug-likeness (QED) is 0.290. The highest BCUT2D eigenvalue weighted by atomic mass is 19.4. The Hall–Kier alpha value is -3.51. The molecule has 2 aromatic heterocycles. The van der Waals surface area contributed by atoms with Crippen LogP contribution in [0.5, 0.6) is 0 Å². The topological polar surface area (TPSA) is 116 Å². The summed E-state index contributed by atoms with van der Waals surface area (Å²) >= 11 is 0. The van der Waals surface area contributed by atoms with Crippen molar-refractivity contribution in [1.82, 2.24) is 20.2 Å². The van der Waals surface area contributed by atoms with Gasteiger partial charge in [-0.05, 0) is 30.3 Å². The molecule has 0 amide bonds. The lowest BCUT2D eigenvalue weighted by molar-refractivity contribution is -0.209. The van der Waals surface area contributed by atoms with Crippen LogP contribution in [0.3, 0.4) is 0 Å². The van der Waals surface area contributed by atoms with Crippen LogP contribution in [0.4, 0.5) is 23.5 Å². The average molecular weight is 423 g/mol. The number of rotatable bonds is 5. The predicted molar refractivity (Wildman–Crippen MR) is 99.0 cm³/mol. The molecular formula is C18H13F4N5O3. The van der Waals surface area contributed by atoms with Crippen LogP contribution in [0.15, 0.2) is 41.2 Å². The standard InChI is InChI=1S/C18H13F4N5O3/c19-9-2-3-10-11(6-9)14(26-27-15(10)28)8-1-4-12-13(5-8)24-16(23-12)25-17(29)30-7-18(20,21)22/h1-6,17,29H,7H2,(H,27,28)(H2,23,24,25). The number of H-pyrrole nitrogens is 2. The van der Waals surface area contributed by atoms with Crippen LogP contribution in [0, 0.1) is 5.82 Å². The van der Waals surface area contributed by atoms with Crippen LogP contribution < -0.4 is 10.9 Å². The van der Waals surface area contributed by atoms with Gasteiger partial charge in [-0.1, -0.05) is 6.07 Å². The van der Waals surface area contributed by atoms with Crippen LogP contribution >= 0.6 is 0 Å². The number of imidazole rings is 1. The molecule has 0 spiro atoms. The molecule has 0 aliphatic carbocycles. The number of nitrogens with one attached hydrogen (secondary N) is 3. The molecule has 30 heavy (non-hydrogen) atoms. The number of alkyl halides is 3. The van der Waals surface area contributed by atoms with Crippen molar-refractivity contribution in [2.45, 2.75) is 12.6 Å². The molecule has 0 bridgehead atoms. The van der Waals surface area contributed by atoms with Crippen LogP contribution in [0.2, 0.25) is 0 Å². The number of nitrogens with zero attached hydrogens (tertiary/aromatic N) is 2. The molecule has 4 rings (SSSR count). The molecule has 0 radical (unpaired) electrons. The zero-order valence-corrected chi connectivity index (χ0v) is 14.9. The first-order valence-corrected chi connectivity index (χ1v) is 8.51. The summed E-state index contributed by atoms with van der Waals surface area (Å²) in [5, 5.41) is 18.7.